The lowest BCUT2D eigenvalue weighted by Gasteiger charge is -2.14. The van der Waals surface area contributed by atoms with E-state index in [9.17, 15) is 9.59 Å². The summed E-state index contributed by atoms with van der Waals surface area (Å²) in [4.78, 5) is 23.5. The highest BCUT2D eigenvalue weighted by atomic mass is 16.2. The van der Waals surface area contributed by atoms with Crippen molar-refractivity contribution in [2.24, 2.45) is 5.73 Å². The molecule has 0 aromatic carbocycles. The highest BCUT2D eigenvalue weighted by Crippen LogP contribution is 2.05. The van der Waals surface area contributed by atoms with Crippen molar-refractivity contribution in [1.29, 1.82) is 0 Å². The van der Waals surface area contributed by atoms with Gasteiger partial charge in [0.2, 0.25) is 0 Å². The van der Waals surface area contributed by atoms with Crippen molar-refractivity contribution in [2.75, 3.05) is 6.54 Å². The zero-order valence-corrected chi connectivity index (χ0v) is 7.20. The highest BCUT2D eigenvalue weighted by Gasteiger charge is 2.34. The van der Waals surface area contributed by atoms with Crippen LogP contribution in [0.4, 0.5) is 4.79 Å². The van der Waals surface area contributed by atoms with Crippen molar-refractivity contribution >= 4 is 11.9 Å². The summed E-state index contributed by atoms with van der Waals surface area (Å²) in [5, 5.41) is 2.50. The molecule has 1 saturated heterocycles. The molecule has 0 saturated carbocycles. The molecule has 3 amide bonds. The molecule has 1 aliphatic rings. The molecular weight excluding hydrogens is 158 g/mol. The van der Waals surface area contributed by atoms with E-state index in [2.05, 4.69) is 5.32 Å². The molecular formula is C7H13N3O2. The fraction of sp³-hybridized carbons (Fsp3) is 0.714. The van der Waals surface area contributed by atoms with Gasteiger partial charge in [0.1, 0.15) is 6.04 Å². The van der Waals surface area contributed by atoms with Crippen LogP contribution >= 0.6 is 0 Å². The van der Waals surface area contributed by atoms with Gasteiger partial charge >= 0.3 is 6.03 Å². The number of hydrogen-bond acceptors (Lipinski definition) is 3. The average molecular weight is 171 g/mol. The van der Waals surface area contributed by atoms with Crippen LogP contribution in [-0.4, -0.2) is 35.5 Å². The van der Waals surface area contributed by atoms with Gasteiger partial charge in [-0.1, -0.05) is 0 Å². The number of rotatable bonds is 2. The first-order valence-corrected chi connectivity index (χ1v) is 3.90. The Morgan fingerprint density at radius 1 is 1.67 bits per heavy atom. The molecule has 0 aromatic rings. The van der Waals surface area contributed by atoms with Crippen LogP contribution in [0.1, 0.15) is 13.8 Å². The molecule has 0 aliphatic carbocycles. The van der Waals surface area contributed by atoms with E-state index >= 15 is 0 Å². The number of amides is 3. The van der Waals surface area contributed by atoms with Gasteiger partial charge in [-0.15, -0.1) is 0 Å². The average Bonchev–Trinajstić information content (AvgIpc) is 2.16. The third-order valence-corrected chi connectivity index (χ3v) is 1.69. The lowest BCUT2D eigenvalue weighted by atomic mass is 10.3. The fourth-order valence-electron chi connectivity index (χ4n) is 1.12. The summed E-state index contributed by atoms with van der Waals surface area (Å²) in [5.74, 6) is -0.197. The Bertz CT molecular complexity index is 215. The maximum Gasteiger partial charge on any atom is 0.324 e. The third-order valence-electron chi connectivity index (χ3n) is 1.69. The summed E-state index contributed by atoms with van der Waals surface area (Å²) in [5.41, 5.74) is 5.47. The van der Waals surface area contributed by atoms with Gasteiger partial charge in [0.05, 0.1) is 0 Å². The zero-order valence-electron chi connectivity index (χ0n) is 7.20. The first kappa shape index (κ1) is 8.99. The van der Waals surface area contributed by atoms with E-state index in [1.54, 1.807) is 13.8 Å². The van der Waals surface area contributed by atoms with Gasteiger partial charge in [0, 0.05) is 12.6 Å². The minimum Gasteiger partial charge on any atom is -0.326 e. The molecule has 2 unspecified atom stereocenters. The van der Waals surface area contributed by atoms with Crippen LogP contribution in [0.2, 0.25) is 0 Å². The highest BCUT2D eigenvalue weighted by molar-refractivity contribution is 6.03. The van der Waals surface area contributed by atoms with E-state index < -0.39 is 6.04 Å². The fourth-order valence-corrected chi connectivity index (χ4v) is 1.12. The van der Waals surface area contributed by atoms with Crippen LogP contribution in [-0.2, 0) is 4.79 Å². The van der Waals surface area contributed by atoms with Crippen molar-refractivity contribution in [3.63, 3.8) is 0 Å². The Balaban J connectivity index is 2.64. The monoisotopic (exact) mass is 171 g/mol. The first-order valence-electron chi connectivity index (χ1n) is 3.90. The van der Waals surface area contributed by atoms with Gasteiger partial charge in [-0.25, -0.2) is 4.79 Å². The number of nitrogens with two attached hydrogens (primary N) is 1. The normalized spacial score (nSPS) is 25.9. The van der Waals surface area contributed by atoms with E-state index in [1.165, 1.54) is 0 Å². The van der Waals surface area contributed by atoms with Crippen LogP contribution in [0, 0.1) is 0 Å². The molecule has 0 spiro atoms. The Kier molecular flexibility index (Phi) is 2.32. The summed E-state index contributed by atoms with van der Waals surface area (Å²) >= 11 is 0. The van der Waals surface area contributed by atoms with E-state index in [-0.39, 0.29) is 24.5 Å². The molecule has 3 N–H and O–H groups in total. The van der Waals surface area contributed by atoms with E-state index in [1.807, 2.05) is 0 Å². The minimum absolute atomic E-state index is 0.176. The maximum absolute atomic E-state index is 11.2. The van der Waals surface area contributed by atoms with Gasteiger partial charge in [0.15, 0.2) is 0 Å². The zero-order chi connectivity index (χ0) is 9.30. The molecule has 1 aliphatic heterocycles. The molecule has 1 heterocycles. The lowest BCUT2D eigenvalue weighted by molar-refractivity contribution is -0.127. The predicted octanol–water partition coefficient (Wildman–Crippen LogP) is -0.726. The van der Waals surface area contributed by atoms with Crippen LogP contribution in [0.5, 0.6) is 0 Å². The molecule has 1 fully saturated rings. The summed E-state index contributed by atoms with van der Waals surface area (Å²) in [6.07, 6.45) is 0. The van der Waals surface area contributed by atoms with Gasteiger partial charge in [-0.2, -0.15) is 0 Å². The lowest BCUT2D eigenvalue weighted by Crippen LogP contribution is -2.40. The summed E-state index contributed by atoms with van der Waals surface area (Å²) < 4.78 is 0. The second-order valence-corrected chi connectivity index (χ2v) is 3.10. The molecule has 68 valence electrons. The van der Waals surface area contributed by atoms with E-state index in [0.29, 0.717) is 0 Å². The van der Waals surface area contributed by atoms with E-state index in [4.69, 9.17) is 5.73 Å². The number of nitrogens with one attached hydrogen (secondary N) is 1. The number of carbonyl (C=O) groups is 2. The predicted molar refractivity (Wildman–Crippen MR) is 43.4 cm³/mol. The Morgan fingerprint density at radius 3 is 2.58 bits per heavy atom. The molecule has 12 heavy (non-hydrogen) atoms. The van der Waals surface area contributed by atoms with Crippen molar-refractivity contribution in [1.82, 2.24) is 10.2 Å². The maximum atomic E-state index is 11.2. The molecule has 2 atom stereocenters. The van der Waals surface area contributed by atoms with Gasteiger partial charge in [-0.3, -0.25) is 9.69 Å². The molecule has 0 bridgehead atoms. The van der Waals surface area contributed by atoms with Gasteiger partial charge < -0.3 is 11.1 Å². The van der Waals surface area contributed by atoms with Gasteiger partial charge in [-0.05, 0) is 13.8 Å². The minimum atomic E-state index is -0.406. The Morgan fingerprint density at radius 2 is 2.25 bits per heavy atom. The number of urea groups is 1. The molecule has 5 nitrogen and oxygen atoms in total. The topological polar surface area (TPSA) is 75.4 Å². The summed E-state index contributed by atoms with van der Waals surface area (Å²) in [7, 11) is 0. The molecule has 1 rings (SSSR count). The number of imide groups is 1. The van der Waals surface area contributed by atoms with Crippen LogP contribution in [0.25, 0.3) is 0 Å². The van der Waals surface area contributed by atoms with Crippen molar-refractivity contribution in [3.8, 4) is 0 Å². The number of nitrogens with zero attached hydrogens (tertiary/aromatic N) is 1. The standard InChI is InChI=1S/C7H13N3O2/c1-4(8)3-10-6(11)5(2)9-7(10)12/h4-5H,3,8H2,1-2H3,(H,9,12). The third kappa shape index (κ3) is 1.55. The van der Waals surface area contributed by atoms with E-state index in [0.717, 1.165) is 4.90 Å². The first-order chi connectivity index (χ1) is 5.52. The SMILES string of the molecule is CC(N)CN1C(=O)NC(C)C1=O. The number of carbonyl (C=O) groups excluding carboxylic acids is 2. The molecule has 0 radical (unpaired) electrons. The quantitative estimate of drug-likeness (QED) is 0.538. The van der Waals surface area contributed by atoms with Gasteiger partial charge in [0.25, 0.3) is 5.91 Å². The second-order valence-electron chi connectivity index (χ2n) is 3.10. The van der Waals surface area contributed by atoms with Crippen LogP contribution < -0.4 is 11.1 Å². The summed E-state index contributed by atoms with van der Waals surface area (Å²) in [6.45, 7) is 3.69. The Labute approximate surface area is 70.9 Å². The van der Waals surface area contributed by atoms with Crippen molar-refractivity contribution in [2.45, 2.75) is 25.9 Å². The smallest absolute Gasteiger partial charge is 0.324 e. The van der Waals surface area contributed by atoms with Crippen LogP contribution in [0.15, 0.2) is 0 Å². The summed E-state index contributed by atoms with van der Waals surface area (Å²) in [6, 6.07) is -0.925. The second kappa shape index (κ2) is 3.10. The molecule has 5 heteroatoms. The largest absolute Gasteiger partial charge is 0.326 e. The van der Waals surface area contributed by atoms with Crippen molar-refractivity contribution in [3.05, 3.63) is 0 Å². The van der Waals surface area contributed by atoms with Crippen molar-refractivity contribution < 1.29 is 9.59 Å². The Hall–Kier alpha value is -1.10. The number of hydrogen-bond donors (Lipinski definition) is 2. The van der Waals surface area contributed by atoms with Crippen LogP contribution in [0.3, 0.4) is 0 Å². The molecule has 0 aromatic heterocycles.